The zero-order valence-electron chi connectivity index (χ0n) is 11.9. The van der Waals surface area contributed by atoms with Crippen LogP contribution >= 0.6 is 0 Å². The molecule has 3 rings (SSSR count). The number of anilines is 1. The molecule has 1 aliphatic heterocycles. The van der Waals surface area contributed by atoms with Crippen molar-refractivity contribution < 1.29 is 14.3 Å². The molecule has 2 aromatic carbocycles. The van der Waals surface area contributed by atoms with Crippen LogP contribution in [0.15, 0.2) is 42.5 Å². The van der Waals surface area contributed by atoms with Gasteiger partial charge >= 0.3 is 0 Å². The van der Waals surface area contributed by atoms with E-state index in [1.807, 2.05) is 6.07 Å². The minimum atomic E-state index is -0.368. The summed E-state index contributed by atoms with van der Waals surface area (Å²) in [6, 6.07) is 13.4. The Balaban J connectivity index is 2.06. The molecule has 22 heavy (non-hydrogen) atoms. The average Bonchev–Trinajstić information content (AvgIpc) is 2.80. The molecule has 1 heterocycles. The van der Waals surface area contributed by atoms with Gasteiger partial charge in [-0.1, -0.05) is 12.1 Å². The standard InChI is InChI=1S/C17H12N2O3/c1-2-22-15-9-12(8-7-11(15)10-18)19-16(20)13-5-3-4-6-14(13)17(19)21/h3-9H,2H2,1H3. The van der Waals surface area contributed by atoms with Crippen LogP contribution in [0.2, 0.25) is 0 Å². The summed E-state index contributed by atoms with van der Waals surface area (Å²) in [7, 11) is 0. The van der Waals surface area contributed by atoms with E-state index in [0.717, 1.165) is 4.90 Å². The van der Waals surface area contributed by atoms with Crippen molar-refractivity contribution in [3.8, 4) is 11.8 Å². The summed E-state index contributed by atoms with van der Waals surface area (Å²) in [6.07, 6.45) is 0. The maximum absolute atomic E-state index is 12.4. The third-order valence-electron chi connectivity index (χ3n) is 3.44. The zero-order valence-corrected chi connectivity index (χ0v) is 11.9. The maximum atomic E-state index is 12.4. The zero-order chi connectivity index (χ0) is 15.7. The monoisotopic (exact) mass is 292 g/mol. The predicted molar refractivity (Wildman–Crippen MR) is 79.9 cm³/mol. The summed E-state index contributed by atoms with van der Waals surface area (Å²) in [5.74, 6) is -0.375. The SMILES string of the molecule is CCOc1cc(N2C(=O)c3ccccc3C2=O)ccc1C#N. The highest BCUT2D eigenvalue weighted by molar-refractivity contribution is 6.34. The van der Waals surface area contributed by atoms with E-state index in [9.17, 15) is 9.59 Å². The molecule has 2 aromatic rings. The Kier molecular flexibility index (Phi) is 3.36. The molecule has 1 aliphatic rings. The van der Waals surface area contributed by atoms with Crippen LogP contribution in [0.1, 0.15) is 33.2 Å². The van der Waals surface area contributed by atoms with Crippen LogP contribution in [0.3, 0.4) is 0 Å². The number of carbonyl (C=O) groups excluding carboxylic acids is 2. The molecule has 0 unspecified atom stereocenters. The highest BCUT2D eigenvalue weighted by Gasteiger charge is 2.36. The Morgan fingerprint density at radius 1 is 1.09 bits per heavy atom. The molecule has 0 bridgehead atoms. The molecular formula is C17H12N2O3. The van der Waals surface area contributed by atoms with Gasteiger partial charge in [-0.05, 0) is 31.2 Å². The minimum Gasteiger partial charge on any atom is -0.492 e. The van der Waals surface area contributed by atoms with Crippen molar-refractivity contribution in [3.63, 3.8) is 0 Å². The Hall–Kier alpha value is -3.13. The fraction of sp³-hybridized carbons (Fsp3) is 0.118. The number of hydrogen-bond acceptors (Lipinski definition) is 4. The molecule has 0 aliphatic carbocycles. The lowest BCUT2D eigenvalue weighted by molar-refractivity contribution is 0.0926. The first-order valence-electron chi connectivity index (χ1n) is 6.82. The van der Waals surface area contributed by atoms with E-state index in [0.29, 0.717) is 34.7 Å². The summed E-state index contributed by atoms with van der Waals surface area (Å²) in [6.45, 7) is 2.19. The maximum Gasteiger partial charge on any atom is 0.266 e. The Bertz CT molecular complexity index is 786. The van der Waals surface area contributed by atoms with Crippen LogP contribution in [-0.2, 0) is 0 Å². The number of amides is 2. The van der Waals surface area contributed by atoms with Gasteiger partial charge in [0.05, 0.1) is 29.0 Å². The van der Waals surface area contributed by atoms with Gasteiger partial charge in [-0.15, -0.1) is 0 Å². The first kappa shape index (κ1) is 13.8. The van der Waals surface area contributed by atoms with Crippen molar-refractivity contribution in [2.75, 3.05) is 11.5 Å². The molecular weight excluding hydrogens is 280 g/mol. The minimum absolute atomic E-state index is 0.360. The van der Waals surface area contributed by atoms with Gasteiger partial charge < -0.3 is 4.74 Å². The third-order valence-corrected chi connectivity index (χ3v) is 3.44. The van der Waals surface area contributed by atoms with Crippen LogP contribution in [0.25, 0.3) is 0 Å². The number of hydrogen-bond donors (Lipinski definition) is 0. The van der Waals surface area contributed by atoms with Crippen LogP contribution in [0.5, 0.6) is 5.75 Å². The lowest BCUT2D eigenvalue weighted by Crippen LogP contribution is -2.29. The second kappa shape index (κ2) is 5.34. The van der Waals surface area contributed by atoms with Crippen molar-refractivity contribution in [3.05, 3.63) is 59.2 Å². The van der Waals surface area contributed by atoms with Gasteiger partial charge in [-0.25, -0.2) is 4.90 Å². The third kappa shape index (κ3) is 2.02. The number of rotatable bonds is 3. The van der Waals surface area contributed by atoms with E-state index in [2.05, 4.69) is 0 Å². The molecule has 108 valence electrons. The predicted octanol–water partition coefficient (Wildman–Crippen LogP) is 2.76. The molecule has 0 radical (unpaired) electrons. The summed E-state index contributed by atoms with van der Waals surface area (Å²) in [5, 5.41) is 9.07. The fourth-order valence-electron chi connectivity index (χ4n) is 2.44. The molecule has 0 saturated carbocycles. The van der Waals surface area contributed by atoms with Crippen molar-refractivity contribution in [1.82, 2.24) is 0 Å². The first-order chi connectivity index (χ1) is 10.7. The highest BCUT2D eigenvalue weighted by Crippen LogP contribution is 2.31. The van der Waals surface area contributed by atoms with E-state index < -0.39 is 0 Å². The first-order valence-corrected chi connectivity index (χ1v) is 6.82. The Labute approximate surface area is 127 Å². The number of nitrogens with zero attached hydrogens (tertiary/aromatic N) is 2. The van der Waals surface area contributed by atoms with Crippen LogP contribution in [0.4, 0.5) is 5.69 Å². The molecule has 2 amide bonds. The van der Waals surface area contributed by atoms with Crippen molar-refractivity contribution in [1.29, 1.82) is 5.26 Å². The van der Waals surface area contributed by atoms with E-state index in [-0.39, 0.29) is 11.8 Å². The number of imide groups is 1. The number of benzene rings is 2. The second-order valence-electron chi connectivity index (χ2n) is 4.72. The number of carbonyl (C=O) groups is 2. The topological polar surface area (TPSA) is 70.4 Å². The number of ether oxygens (including phenoxy) is 1. The van der Waals surface area contributed by atoms with Gasteiger partial charge in [0, 0.05) is 6.07 Å². The van der Waals surface area contributed by atoms with E-state index in [4.69, 9.17) is 10.00 Å². The van der Waals surface area contributed by atoms with E-state index in [1.54, 1.807) is 49.4 Å². The molecule has 0 spiro atoms. The normalized spacial score (nSPS) is 13.0. The summed E-state index contributed by atoms with van der Waals surface area (Å²) < 4.78 is 5.40. The number of nitriles is 1. The van der Waals surface area contributed by atoms with E-state index in [1.165, 1.54) is 0 Å². The Morgan fingerprint density at radius 3 is 2.27 bits per heavy atom. The summed E-state index contributed by atoms with van der Waals surface area (Å²) in [4.78, 5) is 26.0. The van der Waals surface area contributed by atoms with Crippen LogP contribution < -0.4 is 9.64 Å². The van der Waals surface area contributed by atoms with Crippen LogP contribution in [-0.4, -0.2) is 18.4 Å². The van der Waals surface area contributed by atoms with E-state index >= 15 is 0 Å². The molecule has 0 aromatic heterocycles. The number of fused-ring (bicyclic) bond motifs is 1. The van der Waals surface area contributed by atoms with Gasteiger partial charge in [0.1, 0.15) is 11.8 Å². The van der Waals surface area contributed by atoms with Gasteiger partial charge in [0.2, 0.25) is 0 Å². The second-order valence-corrected chi connectivity index (χ2v) is 4.72. The van der Waals surface area contributed by atoms with Gasteiger partial charge in [0.15, 0.2) is 0 Å². The summed E-state index contributed by atoms with van der Waals surface area (Å²) in [5.41, 5.74) is 1.53. The average molecular weight is 292 g/mol. The van der Waals surface area contributed by atoms with Crippen molar-refractivity contribution in [2.24, 2.45) is 0 Å². The molecule has 0 N–H and O–H groups in total. The lowest BCUT2D eigenvalue weighted by Gasteiger charge is -2.15. The molecule has 0 atom stereocenters. The largest absolute Gasteiger partial charge is 0.492 e. The quantitative estimate of drug-likeness (QED) is 0.816. The fourth-order valence-corrected chi connectivity index (χ4v) is 2.44. The molecule has 5 heteroatoms. The molecule has 0 saturated heterocycles. The van der Waals surface area contributed by atoms with Gasteiger partial charge in [-0.3, -0.25) is 9.59 Å². The lowest BCUT2D eigenvalue weighted by atomic mass is 10.1. The van der Waals surface area contributed by atoms with Gasteiger partial charge in [0.25, 0.3) is 11.8 Å². The molecule has 5 nitrogen and oxygen atoms in total. The smallest absolute Gasteiger partial charge is 0.266 e. The van der Waals surface area contributed by atoms with Crippen LogP contribution in [0, 0.1) is 11.3 Å². The molecule has 0 fully saturated rings. The van der Waals surface area contributed by atoms with Crippen molar-refractivity contribution in [2.45, 2.75) is 6.92 Å². The van der Waals surface area contributed by atoms with Gasteiger partial charge in [-0.2, -0.15) is 5.26 Å². The summed E-state index contributed by atoms with van der Waals surface area (Å²) >= 11 is 0. The van der Waals surface area contributed by atoms with Crippen molar-refractivity contribution >= 4 is 17.5 Å². The highest BCUT2D eigenvalue weighted by atomic mass is 16.5. The Morgan fingerprint density at radius 2 is 1.73 bits per heavy atom.